The molecule has 0 saturated heterocycles. The van der Waals surface area contributed by atoms with Crippen LogP contribution in [0, 0.1) is 0 Å². The number of benzene rings is 1. The Morgan fingerprint density at radius 2 is 1.46 bits per heavy atom. The van der Waals surface area contributed by atoms with Gasteiger partial charge < -0.3 is 4.42 Å². The first-order chi connectivity index (χ1) is 13.8. The number of aryl methyl sites for hydroxylation is 1. The van der Waals surface area contributed by atoms with E-state index in [4.69, 9.17) is 16.0 Å². The highest BCUT2D eigenvalue weighted by Crippen LogP contribution is 2.26. The molecule has 3 nitrogen and oxygen atoms in total. The van der Waals surface area contributed by atoms with E-state index in [9.17, 15) is 0 Å². The Morgan fingerprint density at radius 3 is 2.18 bits per heavy atom. The minimum atomic E-state index is 0.510. The van der Waals surface area contributed by atoms with Crippen LogP contribution in [0.25, 0.3) is 11.5 Å². The molecule has 28 heavy (non-hydrogen) atoms. The first-order valence-corrected chi connectivity index (χ1v) is 11.4. The van der Waals surface area contributed by atoms with Gasteiger partial charge in [0.15, 0.2) is 0 Å². The first-order valence-electron chi connectivity index (χ1n) is 11.0. The summed E-state index contributed by atoms with van der Waals surface area (Å²) < 4.78 is 5.75. The molecule has 0 unspecified atom stereocenters. The molecule has 1 aromatic heterocycles. The normalized spacial score (nSPS) is 11.5. The van der Waals surface area contributed by atoms with Gasteiger partial charge in [-0.05, 0) is 44.2 Å². The summed E-state index contributed by atoms with van der Waals surface area (Å²) >= 11 is 6.18. The van der Waals surface area contributed by atoms with E-state index < -0.39 is 0 Å². The number of nitrogens with zero attached hydrogens (tertiary/aromatic N) is 2. The maximum Gasteiger partial charge on any atom is 0.249 e. The first kappa shape index (κ1) is 22.7. The Morgan fingerprint density at radius 1 is 0.821 bits per heavy atom. The largest absolute Gasteiger partial charge is 0.421 e. The summed E-state index contributed by atoms with van der Waals surface area (Å²) in [5, 5.41) is 8.91. The zero-order valence-electron chi connectivity index (χ0n) is 17.3. The summed E-state index contributed by atoms with van der Waals surface area (Å²) in [5.74, 6) is 1.21. The third kappa shape index (κ3) is 9.05. The lowest BCUT2D eigenvalue weighted by Gasteiger charge is -1.99. The van der Waals surface area contributed by atoms with E-state index in [-0.39, 0.29) is 0 Å². The number of aromatic nitrogens is 2. The summed E-state index contributed by atoms with van der Waals surface area (Å²) in [6.07, 6.45) is 21.1. The topological polar surface area (TPSA) is 38.9 Å². The molecule has 0 atom stereocenters. The predicted molar refractivity (Wildman–Crippen MR) is 119 cm³/mol. The maximum absolute atomic E-state index is 6.18. The number of hydrogen-bond donors (Lipinski definition) is 0. The second-order valence-electron chi connectivity index (χ2n) is 7.46. The molecule has 0 fully saturated rings. The molecule has 0 aliphatic rings. The Bertz CT molecular complexity index is 681. The van der Waals surface area contributed by atoms with Crippen LogP contribution in [0.2, 0.25) is 5.02 Å². The van der Waals surface area contributed by atoms with Crippen molar-refractivity contribution < 1.29 is 4.42 Å². The van der Waals surface area contributed by atoms with Crippen LogP contribution in [0.4, 0.5) is 0 Å². The predicted octanol–water partition coefficient (Wildman–Crippen LogP) is 8.19. The highest BCUT2D eigenvalue weighted by atomic mass is 35.5. The average molecular weight is 403 g/mol. The number of allylic oxidation sites excluding steroid dienone is 2. The summed E-state index contributed by atoms with van der Waals surface area (Å²) in [6.45, 7) is 2.27. The van der Waals surface area contributed by atoms with Crippen molar-refractivity contribution in [3.8, 4) is 11.5 Å². The molecule has 1 aromatic carbocycles. The fourth-order valence-corrected chi connectivity index (χ4v) is 3.48. The lowest BCUT2D eigenvalue weighted by atomic mass is 10.1. The molecule has 2 rings (SSSR count). The zero-order chi connectivity index (χ0) is 19.9. The highest BCUT2D eigenvalue weighted by molar-refractivity contribution is 6.33. The fraction of sp³-hybridized carbons (Fsp3) is 0.583. The average Bonchev–Trinajstić information content (AvgIpc) is 3.17. The summed E-state index contributed by atoms with van der Waals surface area (Å²) in [6, 6.07) is 7.56. The molecule has 2 aromatic rings. The maximum atomic E-state index is 6.18. The lowest BCUT2D eigenvalue weighted by molar-refractivity contribution is 0.489. The van der Waals surface area contributed by atoms with E-state index in [1.54, 1.807) is 0 Å². The van der Waals surface area contributed by atoms with E-state index in [0.717, 1.165) is 18.4 Å². The second-order valence-corrected chi connectivity index (χ2v) is 7.87. The fourth-order valence-electron chi connectivity index (χ4n) is 3.27. The van der Waals surface area contributed by atoms with Crippen LogP contribution in [0.3, 0.4) is 0 Å². The van der Waals surface area contributed by atoms with E-state index in [1.165, 1.54) is 70.6 Å². The number of halogens is 1. The smallest absolute Gasteiger partial charge is 0.249 e. The van der Waals surface area contributed by atoms with Gasteiger partial charge >= 0.3 is 0 Å². The van der Waals surface area contributed by atoms with Crippen molar-refractivity contribution in [1.29, 1.82) is 0 Å². The molecule has 0 aliphatic carbocycles. The molecule has 1 heterocycles. The van der Waals surface area contributed by atoms with Crippen molar-refractivity contribution in [2.75, 3.05) is 0 Å². The third-order valence-corrected chi connectivity index (χ3v) is 5.30. The number of hydrogen-bond acceptors (Lipinski definition) is 3. The van der Waals surface area contributed by atoms with Crippen molar-refractivity contribution in [2.24, 2.45) is 0 Å². The molecule has 0 spiro atoms. The summed E-state index contributed by atoms with van der Waals surface area (Å²) in [5.41, 5.74) is 0.802. The van der Waals surface area contributed by atoms with E-state index in [1.807, 2.05) is 24.3 Å². The van der Waals surface area contributed by atoms with Crippen LogP contribution in [-0.4, -0.2) is 10.2 Å². The quantitative estimate of drug-likeness (QED) is 0.222. The van der Waals surface area contributed by atoms with Gasteiger partial charge in [0.1, 0.15) is 0 Å². The Labute approximate surface area is 175 Å². The van der Waals surface area contributed by atoms with Gasteiger partial charge in [0, 0.05) is 6.42 Å². The van der Waals surface area contributed by atoms with E-state index in [0.29, 0.717) is 16.8 Å². The van der Waals surface area contributed by atoms with Gasteiger partial charge in [-0.15, -0.1) is 10.2 Å². The lowest BCUT2D eigenvalue weighted by Crippen LogP contribution is -1.86. The van der Waals surface area contributed by atoms with Gasteiger partial charge in [0.2, 0.25) is 11.8 Å². The standard InChI is InChI=1S/C24H35ClN2O/c1-2-3-4-5-6-7-8-9-10-11-12-13-14-15-20-23-26-27-24(28-23)21-18-16-17-19-22(21)25/h9-10,16-19H,2-8,11-15,20H2,1H3/b10-9+. The van der Waals surface area contributed by atoms with Crippen LogP contribution in [0.5, 0.6) is 0 Å². The summed E-state index contributed by atoms with van der Waals surface area (Å²) in [7, 11) is 0. The van der Waals surface area contributed by atoms with Gasteiger partial charge in [-0.25, -0.2) is 0 Å². The van der Waals surface area contributed by atoms with E-state index in [2.05, 4.69) is 29.3 Å². The molecule has 4 heteroatoms. The molecule has 154 valence electrons. The van der Waals surface area contributed by atoms with Crippen LogP contribution in [0.15, 0.2) is 40.8 Å². The van der Waals surface area contributed by atoms with Crippen LogP contribution in [-0.2, 0) is 6.42 Å². The molecule has 0 aliphatic heterocycles. The SMILES string of the molecule is CCCCCCCC/C=C/CCCCCCc1nnc(-c2ccccc2Cl)o1. The molecular weight excluding hydrogens is 368 g/mol. The molecule has 0 N–H and O–H groups in total. The Kier molecular flexibility index (Phi) is 11.7. The Hall–Kier alpha value is -1.61. The minimum absolute atomic E-state index is 0.510. The number of rotatable bonds is 15. The monoisotopic (exact) mass is 402 g/mol. The third-order valence-electron chi connectivity index (χ3n) is 4.97. The van der Waals surface area contributed by atoms with Crippen molar-refractivity contribution in [3.63, 3.8) is 0 Å². The highest BCUT2D eigenvalue weighted by Gasteiger charge is 2.10. The molecule has 0 radical (unpaired) electrons. The van der Waals surface area contributed by atoms with Gasteiger partial charge in [-0.2, -0.15) is 0 Å². The zero-order valence-corrected chi connectivity index (χ0v) is 18.1. The van der Waals surface area contributed by atoms with Crippen molar-refractivity contribution in [3.05, 3.63) is 47.3 Å². The Balaban J connectivity index is 1.48. The minimum Gasteiger partial charge on any atom is -0.421 e. The van der Waals surface area contributed by atoms with Crippen molar-refractivity contribution in [1.82, 2.24) is 10.2 Å². The van der Waals surface area contributed by atoms with E-state index >= 15 is 0 Å². The summed E-state index contributed by atoms with van der Waals surface area (Å²) in [4.78, 5) is 0. The van der Waals surface area contributed by atoms with Crippen molar-refractivity contribution in [2.45, 2.75) is 90.4 Å². The van der Waals surface area contributed by atoms with Crippen LogP contribution >= 0.6 is 11.6 Å². The van der Waals surface area contributed by atoms with Gasteiger partial charge in [0.25, 0.3) is 0 Å². The van der Waals surface area contributed by atoms with Gasteiger partial charge in [-0.3, -0.25) is 0 Å². The molecule has 0 saturated carbocycles. The number of unbranched alkanes of at least 4 members (excludes halogenated alkanes) is 10. The van der Waals surface area contributed by atoms with Crippen molar-refractivity contribution >= 4 is 11.6 Å². The second kappa shape index (κ2) is 14.4. The van der Waals surface area contributed by atoms with Crippen LogP contribution < -0.4 is 0 Å². The molecule has 0 amide bonds. The van der Waals surface area contributed by atoms with Gasteiger partial charge in [0.05, 0.1) is 10.6 Å². The van der Waals surface area contributed by atoms with Crippen LogP contribution in [0.1, 0.15) is 89.9 Å². The molecular formula is C24H35ClN2O. The van der Waals surface area contributed by atoms with Gasteiger partial charge in [-0.1, -0.05) is 87.8 Å². The molecule has 0 bridgehead atoms.